The molecule has 0 amide bonds. The number of carbonyl (C=O) groups is 1. The number of hydrogen-bond acceptors (Lipinski definition) is 2. The zero-order valence-electron chi connectivity index (χ0n) is 5.92. The Morgan fingerprint density at radius 2 is 2.33 bits per heavy atom. The lowest BCUT2D eigenvalue weighted by Gasteiger charge is -1.99. The van der Waals surface area contributed by atoms with E-state index in [1.807, 2.05) is 0 Å². The maximum absolute atomic E-state index is 12.8. The minimum atomic E-state index is -0.986. The Hall–Kier alpha value is -0.720. The normalized spacial score (nSPS) is 9.83. The largest absolute Gasteiger partial charge is 0.481 e. The summed E-state index contributed by atoms with van der Waals surface area (Å²) in [7, 11) is 0. The summed E-state index contributed by atoms with van der Waals surface area (Å²) < 4.78 is 13.1. The van der Waals surface area contributed by atoms with Gasteiger partial charge in [0.25, 0.3) is 0 Å². The summed E-state index contributed by atoms with van der Waals surface area (Å²) in [6.45, 7) is 0. The smallest absolute Gasteiger partial charge is 0.307 e. The minimum Gasteiger partial charge on any atom is -0.481 e. The number of pyridine rings is 1. The first kappa shape index (κ1) is 9.37. The molecule has 1 aromatic heterocycles. The Morgan fingerprint density at radius 1 is 1.67 bits per heavy atom. The zero-order chi connectivity index (χ0) is 9.14. The van der Waals surface area contributed by atoms with Crippen LogP contribution >= 0.6 is 22.6 Å². The molecular weight excluding hydrogens is 276 g/mol. The number of aliphatic carboxylic acids is 1. The van der Waals surface area contributed by atoms with Gasteiger partial charge in [-0.25, -0.2) is 4.39 Å². The van der Waals surface area contributed by atoms with Crippen molar-refractivity contribution in [2.75, 3.05) is 0 Å². The van der Waals surface area contributed by atoms with E-state index in [1.54, 1.807) is 22.6 Å². The van der Waals surface area contributed by atoms with E-state index in [9.17, 15) is 9.18 Å². The molecule has 0 aromatic carbocycles. The molecule has 0 aliphatic carbocycles. The van der Waals surface area contributed by atoms with E-state index in [-0.39, 0.29) is 6.42 Å². The monoisotopic (exact) mass is 281 g/mol. The number of aromatic nitrogens is 1. The van der Waals surface area contributed by atoms with Crippen molar-refractivity contribution in [1.82, 2.24) is 4.98 Å². The SMILES string of the molecule is O=C(O)Cc1cncc(F)c1I. The molecule has 0 saturated heterocycles. The molecule has 0 atom stereocenters. The fraction of sp³-hybridized carbons (Fsp3) is 0.143. The molecule has 1 aromatic rings. The molecule has 1 rings (SSSR count). The molecule has 0 spiro atoms. The first-order chi connectivity index (χ1) is 5.61. The lowest BCUT2D eigenvalue weighted by molar-refractivity contribution is -0.136. The molecule has 0 bridgehead atoms. The maximum Gasteiger partial charge on any atom is 0.307 e. The van der Waals surface area contributed by atoms with E-state index in [1.165, 1.54) is 6.20 Å². The van der Waals surface area contributed by atoms with Crippen molar-refractivity contribution in [2.45, 2.75) is 6.42 Å². The van der Waals surface area contributed by atoms with E-state index in [0.29, 0.717) is 9.13 Å². The molecule has 0 radical (unpaired) electrons. The molecule has 0 fully saturated rings. The van der Waals surface area contributed by atoms with Crippen LogP contribution in [-0.4, -0.2) is 16.1 Å². The van der Waals surface area contributed by atoms with E-state index in [0.717, 1.165) is 6.20 Å². The predicted molar refractivity (Wildman–Crippen MR) is 48.3 cm³/mol. The van der Waals surface area contributed by atoms with Gasteiger partial charge in [-0.3, -0.25) is 9.78 Å². The highest BCUT2D eigenvalue weighted by Gasteiger charge is 2.08. The summed E-state index contributed by atoms with van der Waals surface area (Å²) in [6, 6.07) is 0. The van der Waals surface area contributed by atoms with Gasteiger partial charge in [-0.15, -0.1) is 0 Å². The number of carboxylic acid groups (broad SMARTS) is 1. The van der Waals surface area contributed by atoms with Crippen molar-refractivity contribution < 1.29 is 14.3 Å². The Morgan fingerprint density at radius 3 is 2.92 bits per heavy atom. The number of rotatable bonds is 2. The summed E-state index contributed by atoms with van der Waals surface area (Å²) in [5.74, 6) is -1.46. The van der Waals surface area contributed by atoms with Crippen molar-refractivity contribution >= 4 is 28.6 Å². The summed E-state index contributed by atoms with van der Waals surface area (Å²) >= 11 is 1.76. The van der Waals surface area contributed by atoms with Crippen LogP contribution in [0.3, 0.4) is 0 Å². The van der Waals surface area contributed by atoms with Crippen LogP contribution in [0.2, 0.25) is 0 Å². The van der Waals surface area contributed by atoms with Crippen LogP contribution in [0.15, 0.2) is 12.4 Å². The topological polar surface area (TPSA) is 50.2 Å². The highest BCUT2D eigenvalue weighted by molar-refractivity contribution is 14.1. The van der Waals surface area contributed by atoms with Gasteiger partial charge in [0.1, 0.15) is 0 Å². The molecule has 0 aliphatic heterocycles. The molecule has 5 heteroatoms. The van der Waals surface area contributed by atoms with Crippen LogP contribution in [-0.2, 0) is 11.2 Å². The second-order valence-electron chi connectivity index (χ2n) is 2.16. The summed E-state index contributed by atoms with van der Waals surface area (Å²) in [5.41, 5.74) is 0.406. The van der Waals surface area contributed by atoms with Crippen LogP contribution in [0.4, 0.5) is 4.39 Å². The molecule has 0 aliphatic rings. The quantitative estimate of drug-likeness (QED) is 0.835. The zero-order valence-corrected chi connectivity index (χ0v) is 8.08. The summed E-state index contributed by atoms with van der Waals surface area (Å²) in [4.78, 5) is 13.8. The average Bonchev–Trinajstić information content (AvgIpc) is 1.98. The standard InChI is InChI=1S/C7H5FINO2/c8-5-3-10-2-4(7(5)9)1-6(11)12/h2-3H,1H2,(H,11,12). The fourth-order valence-corrected chi connectivity index (χ4v) is 1.21. The summed E-state index contributed by atoms with van der Waals surface area (Å²) in [6.07, 6.45) is 2.23. The Bertz CT molecular complexity index is 316. The lowest BCUT2D eigenvalue weighted by atomic mass is 10.2. The fourth-order valence-electron chi connectivity index (χ4n) is 0.746. The van der Waals surface area contributed by atoms with Crippen LogP contribution in [0, 0.1) is 9.39 Å². The second kappa shape index (κ2) is 3.79. The predicted octanol–water partition coefficient (Wildman–Crippen LogP) is 1.45. The highest BCUT2D eigenvalue weighted by atomic mass is 127. The molecule has 1 N–H and O–H groups in total. The number of halogens is 2. The summed E-state index contributed by atoms with van der Waals surface area (Å²) in [5, 5.41) is 8.43. The number of nitrogens with zero attached hydrogens (tertiary/aromatic N) is 1. The third-order valence-corrected chi connectivity index (χ3v) is 2.46. The first-order valence-electron chi connectivity index (χ1n) is 3.11. The van der Waals surface area contributed by atoms with Gasteiger partial charge in [-0.05, 0) is 28.2 Å². The first-order valence-corrected chi connectivity index (χ1v) is 4.19. The van der Waals surface area contributed by atoms with Gasteiger partial charge in [0.2, 0.25) is 0 Å². The number of hydrogen-bond donors (Lipinski definition) is 1. The Balaban J connectivity index is 3.00. The van der Waals surface area contributed by atoms with E-state index in [4.69, 9.17) is 5.11 Å². The van der Waals surface area contributed by atoms with Gasteiger partial charge in [-0.2, -0.15) is 0 Å². The van der Waals surface area contributed by atoms with E-state index in [2.05, 4.69) is 4.98 Å². The van der Waals surface area contributed by atoms with Crippen molar-refractivity contribution in [2.24, 2.45) is 0 Å². The highest BCUT2D eigenvalue weighted by Crippen LogP contribution is 2.14. The molecule has 0 saturated carbocycles. The third-order valence-electron chi connectivity index (χ3n) is 1.25. The van der Waals surface area contributed by atoms with Gasteiger partial charge < -0.3 is 5.11 Å². The maximum atomic E-state index is 12.8. The van der Waals surface area contributed by atoms with Gasteiger partial charge in [0.05, 0.1) is 16.2 Å². The van der Waals surface area contributed by atoms with Crippen LogP contribution < -0.4 is 0 Å². The van der Waals surface area contributed by atoms with Crippen LogP contribution in [0.5, 0.6) is 0 Å². The van der Waals surface area contributed by atoms with Gasteiger partial charge in [0, 0.05) is 6.20 Å². The van der Waals surface area contributed by atoms with E-state index >= 15 is 0 Å². The molecule has 64 valence electrons. The van der Waals surface area contributed by atoms with Gasteiger partial charge >= 0.3 is 5.97 Å². The molecule has 3 nitrogen and oxygen atoms in total. The second-order valence-corrected chi connectivity index (χ2v) is 3.24. The Labute approximate surface area is 81.8 Å². The molecular formula is C7H5FINO2. The molecule has 1 heterocycles. The van der Waals surface area contributed by atoms with Crippen molar-refractivity contribution in [3.05, 3.63) is 27.3 Å². The molecule has 0 unspecified atom stereocenters. The number of carboxylic acids is 1. The Kier molecular flexibility index (Phi) is 2.96. The van der Waals surface area contributed by atoms with Gasteiger partial charge in [0.15, 0.2) is 5.82 Å². The van der Waals surface area contributed by atoms with E-state index < -0.39 is 11.8 Å². The molecule has 12 heavy (non-hydrogen) atoms. The minimum absolute atomic E-state index is 0.191. The van der Waals surface area contributed by atoms with Crippen LogP contribution in [0.25, 0.3) is 0 Å². The third kappa shape index (κ3) is 2.13. The van der Waals surface area contributed by atoms with Crippen molar-refractivity contribution in [1.29, 1.82) is 0 Å². The van der Waals surface area contributed by atoms with Crippen molar-refractivity contribution in [3.8, 4) is 0 Å². The van der Waals surface area contributed by atoms with Gasteiger partial charge in [-0.1, -0.05) is 0 Å². The van der Waals surface area contributed by atoms with Crippen LogP contribution in [0.1, 0.15) is 5.56 Å². The lowest BCUT2D eigenvalue weighted by Crippen LogP contribution is -2.03. The van der Waals surface area contributed by atoms with Crippen molar-refractivity contribution in [3.63, 3.8) is 0 Å². The average molecular weight is 281 g/mol.